The monoisotopic (exact) mass is 268 g/mol. The molecule has 0 N–H and O–H groups in total. The lowest BCUT2D eigenvalue weighted by atomic mass is 10.9. The Balaban J connectivity index is 3.79. The van der Waals surface area contributed by atoms with Crippen LogP contribution in [0.4, 0.5) is 0 Å². The number of halogens is 4. The second kappa shape index (κ2) is 2.67. The first-order valence-electron chi connectivity index (χ1n) is 1.21. The maximum atomic E-state index is 10.0. The van der Waals surface area contributed by atoms with E-state index in [9.17, 15) is 4.79 Å². The van der Waals surface area contributed by atoms with Crippen molar-refractivity contribution in [2.75, 3.05) is 0 Å². The summed E-state index contributed by atoms with van der Waals surface area (Å²) in [5.41, 5.74) is 0. The first-order valence-corrected chi connectivity index (χ1v) is 3.55. The lowest BCUT2D eigenvalue weighted by molar-refractivity contribution is -0.110. The van der Waals surface area contributed by atoms with Crippen molar-refractivity contribution < 1.29 is 4.79 Å². The van der Waals surface area contributed by atoms with Gasteiger partial charge in [-0.05, 0) is 43.5 Å². The van der Waals surface area contributed by atoms with Gasteiger partial charge in [-0.3, -0.25) is 4.79 Å². The minimum Gasteiger partial charge on any atom is -0.277 e. The second-order valence-corrected chi connectivity index (χ2v) is 6.04. The minimum absolute atomic E-state index is 0.686. The van der Waals surface area contributed by atoms with E-state index < -0.39 is 7.94 Å². The molecule has 0 aliphatic rings. The van der Waals surface area contributed by atoms with Gasteiger partial charge in [-0.15, -0.1) is 0 Å². The molecule has 0 saturated heterocycles. The van der Waals surface area contributed by atoms with Gasteiger partial charge in [-0.2, -0.15) is 0 Å². The van der Waals surface area contributed by atoms with E-state index in [1.807, 2.05) is 0 Å². The lowest BCUT2D eigenvalue weighted by Gasteiger charge is -2.00. The Morgan fingerprint density at radius 3 is 1.71 bits per heavy atom. The van der Waals surface area contributed by atoms with Gasteiger partial charge in [0, 0.05) is 0 Å². The fraction of sp³-hybridized carbons (Fsp3) is 0.500. The van der Waals surface area contributed by atoms with Gasteiger partial charge in [0.25, 0.3) is 5.24 Å². The minimum atomic E-state index is -1.28. The molecule has 0 saturated carbocycles. The molecule has 0 amide bonds. The molecule has 0 fully saturated rings. The van der Waals surface area contributed by atoms with Gasteiger partial charge in [-0.25, -0.2) is 0 Å². The van der Waals surface area contributed by atoms with E-state index in [4.69, 9.17) is 23.2 Å². The third-order valence-electron chi connectivity index (χ3n) is 0.223. The summed E-state index contributed by atoms with van der Waals surface area (Å²) in [6, 6.07) is 0. The number of rotatable bonds is 1. The smallest absolute Gasteiger partial charge is 0.264 e. The Labute approximate surface area is 67.6 Å². The van der Waals surface area contributed by atoms with E-state index in [1.165, 1.54) is 0 Å². The molecule has 0 heterocycles. The van der Waals surface area contributed by atoms with Gasteiger partial charge < -0.3 is 0 Å². The van der Waals surface area contributed by atoms with Crippen LogP contribution in [0.5, 0.6) is 0 Å². The van der Waals surface area contributed by atoms with Crippen LogP contribution < -0.4 is 0 Å². The van der Waals surface area contributed by atoms with Crippen LogP contribution in [-0.4, -0.2) is 7.94 Å². The molecule has 0 aliphatic carbocycles. The molecule has 0 aliphatic heterocycles. The molecule has 42 valence electrons. The molecule has 0 aromatic carbocycles. The van der Waals surface area contributed by atoms with E-state index >= 15 is 0 Å². The molecular formula is C2Br2Cl2O. The van der Waals surface area contributed by atoms with Crippen LogP contribution in [0.1, 0.15) is 0 Å². The molecule has 5 heteroatoms. The molecule has 0 aromatic rings. The zero-order chi connectivity index (χ0) is 6.08. The van der Waals surface area contributed by atoms with E-state index in [0.29, 0.717) is 0 Å². The Morgan fingerprint density at radius 1 is 1.57 bits per heavy atom. The standard InChI is InChI=1S/C2Br2Cl2O/c3-2(4,6)1(5)7. The first kappa shape index (κ1) is 8.21. The molecule has 0 unspecified atom stereocenters. The van der Waals surface area contributed by atoms with Crippen molar-refractivity contribution in [1.29, 1.82) is 0 Å². The van der Waals surface area contributed by atoms with Crippen LogP contribution in [-0.2, 0) is 4.79 Å². The maximum Gasteiger partial charge on any atom is 0.264 e. The Hall–Kier alpha value is 1.21. The van der Waals surface area contributed by atoms with Crippen molar-refractivity contribution in [3.8, 4) is 0 Å². The predicted octanol–water partition coefficient (Wildman–Crippen LogP) is 2.43. The molecule has 0 spiro atoms. The summed E-state index contributed by atoms with van der Waals surface area (Å²) < 4.78 is -1.28. The summed E-state index contributed by atoms with van der Waals surface area (Å²) in [6.07, 6.45) is 0. The molecule has 0 radical (unpaired) electrons. The normalized spacial score (nSPS) is 11.4. The van der Waals surface area contributed by atoms with Gasteiger partial charge in [0.2, 0.25) is 2.69 Å². The van der Waals surface area contributed by atoms with E-state index in [2.05, 4.69) is 31.9 Å². The van der Waals surface area contributed by atoms with Crippen LogP contribution in [0.15, 0.2) is 0 Å². The van der Waals surface area contributed by atoms with Crippen LogP contribution >= 0.6 is 55.1 Å². The zero-order valence-electron chi connectivity index (χ0n) is 2.92. The summed E-state index contributed by atoms with van der Waals surface area (Å²) in [6.45, 7) is 0. The SMILES string of the molecule is O=C(Cl)C(Cl)(Br)Br. The average Bonchev–Trinajstić information content (AvgIpc) is 1.31. The highest BCUT2D eigenvalue weighted by atomic mass is 79.9. The second-order valence-electron chi connectivity index (χ2n) is 0.771. The quantitative estimate of drug-likeness (QED) is 0.528. The van der Waals surface area contributed by atoms with E-state index in [1.54, 1.807) is 0 Å². The van der Waals surface area contributed by atoms with Crippen LogP contribution in [0, 0.1) is 0 Å². The Bertz CT molecular complexity index is 86.2. The van der Waals surface area contributed by atoms with Crippen LogP contribution in [0.25, 0.3) is 0 Å². The van der Waals surface area contributed by atoms with E-state index in [0.717, 1.165) is 0 Å². The van der Waals surface area contributed by atoms with Crippen molar-refractivity contribution >= 4 is 60.3 Å². The molecule has 7 heavy (non-hydrogen) atoms. The summed E-state index contributed by atoms with van der Waals surface area (Å²) in [4.78, 5) is 10.0. The highest BCUT2D eigenvalue weighted by molar-refractivity contribution is 9.26. The predicted molar refractivity (Wildman–Crippen MR) is 37.3 cm³/mol. The molecular weight excluding hydrogens is 271 g/mol. The van der Waals surface area contributed by atoms with Crippen LogP contribution in [0.3, 0.4) is 0 Å². The number of hydrogen-bond donors (Lipinski definition) is 0. The largest absolute Gasteiger partial charge is 0.277 e. The molecule has 0 aromatic heterocycles. The number of carbonyl (C=O) groups is 1. The van der Waals surface area contributed by atoms with Gasteiger partial charge in [0.1, 0.15) is 0 Å². The maximum absolute atomic E-state index is 10.0. The van der Waals surface area contributed by atoms with Crippen LogP contribution in [0.2, 0.25) is 0 Å². The Morgan fingerprint density at radius 2 is 1.71 bits per heavy atom. The summed E-state index contributed by atoms with van der Waals surface area (Å²) in [5, 5.41) is -0.686. The van der Waals surface area contributed by atoms with Crippen molar-refractivity contribution in [1.82, 2.24) is 0 Å². The number of alkyl halides is 3. The lowest BCUT2D eigenvalue weighted by Crippen LogP contribution is -2.09. The molecule has 1 nitrogen and oxygen atoms in total. The highest BCUT2D eigenvalue weighted by Crippen LogP contribution is 2.32. The zero-order valence-corrected chi connectivity index (χ0v) is 7.60. The number of hydrogen-bond acceptors (Lipinski definition) is 1. The van der Waals surface area contributed by atoms with Gasteiger partial charge in [-0.1, -0.05) is 11.6 Å². The Kier molecular flexibility index (Phi) is 3.13. The summed E-state index contributed by atoms with van der Waals surface area (Å²) in [7, 11) is 0. The van der Waals surface area contributed by atoms with Gasteiger partial charge >= 0.3 is 0 Å². The van der Waals surface area contributed by atoms with E-state index in [-0.39, 0.29) is 0 Å². The number of carbonyl (C=O) groups excluding carboxylic acids is 1. The first-order chi connectivity index (χ1) is 2.94. The van der Waals surface area contributed by atoms with Crippen molar-refractivity contribution in [3.63, 3.8) is 0 Å². The van der Waals surface area contributed by atoms with Gasteiger partial charge in [0.05, 0.1) is 0 Å². The highest BCUT2D eigenvalue weighted by Gasteiger charge is 2.26. The fourth-order valence-electron chi connectivity index (χ4n) is 0. The van der Waals surface area contributed by atoms with Crippen molar-refractivity contribution in [3.05, 3.63) is 0 Å². The topological polar surface area (TPSA) is 17.1 Å². The third kappa shape index (κ3) is 3.76. The molecule has 0 bridgehead atoms. The summed E-state index contributed by atoms with van der Waals surface area (Å²) in [5.74, 6) is 0. The average molecular weight is 271 g/mol. The van der Waals surface area contributed by atoms with Gasteiger partial charge in [0.15, 0.2) is 0 Å². The molecule has 0 rings (SSSR count). The summed E-state index contributed by atoms with van der Waals surface area (Å²) >= 11 is 15.6. The van der Waals surface area contributed by atoms with Crippen molar-refractivity contribution in [2.24, 2.45) is 0 Å². The van der Waals surface area contributed by atoms with Crippen molar-refractivity contribution in [2.45, 2.75) is 2.69 Å². The third-order valence-corrected chi connectivity index (χ3v) is 1.95. The fourth-order valence-corrected chi connectivity index (χ4v) is 0. The molecule has 0 atom stereocenters.